The highest BCUT2D eigenvalue weighted by Crippen LogP contribution is 2.55. The molecule has 1 aromatic rings. The fourth-order valence-corrected chi connectivity index (χ4v) is 5.48. The lowest BCUT2D eigenvalue weighted by Gasteiger charge is -2.25. The van der Waals surface area contributed by atoms with Crippen molar-refractivity contribution in [1.82, 2.24) is 0 Å². The summed E-state index contributed by atoms with van der Waals surface area (Å²) in [5.74, 6) is 2.99. The molecule has 0 aromatic carbocycles. The van der Waals surface area contributed by atoms with E-state index in [4.69, 9.17) is 0 Å². The molecule has 0 N–H and O–H groups in total. The third kappa shape index (κ3) is 1.80. The Morgan fingerprint density at radius 2 is 2.20 bits per heavy atom. The number of thiophene rings is 1. The van der Waals surface area contributed by atoms with Crippen LogP contribution in [0.15, 0.2) is 12.1 Å². The summed E-state index contributed by atoms with van der Waals surface area (Å²) < 4.78 is 0. The Morgan fingerprint density at radius 3 is 2.73 bits per heavy atom. The van der Waals surface area contributed by atoms with Crippen LogP contribution in [0.1, 0.15) is 40.3 Å². The largest absolute Gasteiger partial charge is 0.145 e. The number of alkyl halides is 1. The molecule has 3 rings (SSSR count). The molecule has 0 spiro atoms. The van der Waals surface area contributed by atoms with Crippen molar-refractivity contribution in [2.24, 2.45) is 17.8 Å². The SMILES string of the molecule is Cc1ccc(C(Br)C2CC3CCC2C3)s1. The van der Waals surface area contributed by atoms with Crippen LogP contribution in [0, 0.1) is 24.7 Å². The van der Waals surface area contributed by atoms with Crippen LogP contribution in [0.3, 0.4) is 0 Å². The smallest absolute Gasteiger partial charge is 0.0520 e. The molecule has 2 aliphatic carbocycles. The third-order valence-corrected chi connectivity index (χ3v) is 6.76. The van der Waals surface area contributed by atoms with E-state index in [9.17, 15) is 0 Å². The number of rotatable bonds is 2. The minimum Gasteiger partial charge on any atom is -0.145 e. The number of aryl methyl sites for hydroxylation is 1. The number of halogens is 1. The van der Waals surface area contributed by atoms with Crippen molar-refractivity contribution in [2.75, 3.05) is 0 Å². The van der Waals surface area contributed by atoms with Gasteiger partial charge in [-0.05, 0) is 56.1 Å². The van der Waals surface area contributed by atoms with E-state index < -0.39 is 0 Å². The first kappa shape index (κ1) is 10.3. The maximum atomic E-state index is 3.94. The lowest BCUT2D eigenvalue weighted by Crippen LogP contribution is -2.14. The minimum absolute atomic E-state index is 0.631. The molecule has 15 heavy (non-hydrogen) atoms. The van der Waals surface area contributed by atoms with E-state index in [2.05, 4.69) is 35.0 Å². The van der Waals surface area contributed by atoms with Crippen molar-refractivity contribution >= 4 is 27.3 Å². The molecule has 2 fully saturated rings. The van der Waals surface area contributed by atoms with Gasteiger partial charge in [-0.3, -0.25) is 0 Å². The number of hydrogen-bond acceptors (Lipinski definition) is 1. The highest BCUT2D eigenvalue weighted by Gasteiger charge is 2.42. The van der Waals surface area contributed by atoms with Gasteiger partial charge in [0.05, 0.1) is 4.83 Å². The Hall–Kier alpha value is 0.180. The van der Waals surface area contributed by atoms with Crippen molar-refractivity contribution < 1.29 is 0 Å². The fraction of sp³-hybridized carbons (Fsp3) is 0.692. The zero-order valence-corrected chi connectivity index (χ0v) is 11.5. The molecule has 1 aromatic heterocycles. The van der Waals surface area contributed by atoms with Crippen LogP contribution in [-0.4, -0.2) is 0 Å². The first-order chi connectivity index (χ1) is 7.24. The van der Waals surface area contributed by atoms with Gasteiger partial charge in [0.25, 0.3) is 0 Å². The van der Waals surface area contributed by atoms with Gasteiger partial charge >= 0.3 is 0 Å². The lowest BCUT2D eigenvalue weighted by molar-refractivity contribution is 0.331. The maximum absolute atomic E-state index is 3.94. The van der Waals surface area contributed by atoms with Crippen LogP contribution in [0.2, 0.25) is 0 Å². The van der Waals surface area contributed by atoms with Crippen molar-refractivity contribution in [1.29, 1.82) is 0 Å². The second-order valence-corrected chi connectivity index (χ2v) is 7.49. The number of hydrogen-bond donors (Lipinski definition) is 0. The van der Waals surface area contributed by atoms with Crippen LogP contribution in [0.5, 0.6) is 0 Å². The van der Waals surface area contributed by atoms with Gasteiger partial charge in [-0.25, -0.2) is 0 Å². The molecule has 0 saturated heterocycles. The summed E-state index contributed by atoms with van der Waals surface area (Å²) >= 11 is 5.90. The van der Waals surface area contributed by atoms with E-state index in [1.165, 1.54) is 30.6 Å². The summed E-state index contributed by atoms with van der Waals surface area (Å²) in [6.45, 7) is 2.20. The average molecular weight is 285 g/mol. The Balaban J connectivity index is 1.77. The molecule has 1 heterocycles. The van der Waals surface area contributed by atoms with E-state index >= 15 is 0 Å². The lowest BCUT2D eigenvalue weighted by atomic mass is 9.86. The molecular formula is C13H17BrS. The molecular weight excluding hydrogens is 268 g/mol. The molecule has 2 bridgehead atoms. The molecule has 2 aliphatic rings. The fourth-order valence-electron chi connectivity index (χ4n) is 3.46. The molecule has 0 nitrogen and oxygen atoms in total. The monoisotopic (exact) mass is 284 g/mol. The Morgan fingerprint density at radius 1 is 1.33 bits per heavy atom. The molecule has 2 heteroatoms. The summed E-state index contributed by atoms with van der Waals surface area (Å²) in [5.41, 5.74) is 0. The van der Waals surface area contributed by atoms with E-state index in [1.54, 1.807) is 4.88 Å². The quantitative estimate of drug-likeness (QED) is 0.676. The Labute approximate surface area is 104 Å². The molecule has 2 saturated carbocycles. The highest BCUT2D eigenvalue weighted by molar-refractivity contribution is 9.09. The van der Waals surface area contributed by atoms with Crippen LogP contribution < -0.4 is 0 Å². The molecule has 0 amide bonds. The van der Waals surface area contributed by atoms with Gasteiger partial charge in [-0.1, -0.05) is 22.4 Å². The van der Waals surface area contributed by atoms with Gasteiger partial charge in [0.15, 0.2) is 0 Å². The summed E-state index contributed by atoms with van der Waals surface area (Å²) in [7, 11) is 0. The van der Waals surface area contributed by atoms with E-state index in [-0.39, 0.29) is 0 Å². The van der Waals surface area contributed by atoms with E-state index in [1.807, 2.05) is 11.3 Å². The summed E-state index contributed by atoms with van der Waals surface area (Å²) in [6.07, 6.45) is 5.97. The first-order valence-corrected chi connectivity index (χ1v) is 7.67. The Kier molecular flexibility index (Phi) is 2.68. The molecule has 0 radical (unpaired) electrons. The average Bonchev–Trinajstić information content (AvgIpc) is 2.90. The standard InChI is InChI=1S/C13H17BrS/c1-8-2-5-12(15-8)13(14)11-7-9-3-4-10(11)6-9/h2,5,9-11,13H,3-4,6-7H2,1H3. The van der Waals surface area contributed by atoms with Crippen LogP contribution >= 0.6 is 27.3 Å². The molecule has 0 aliphatic heterocycles. The van der Waals surface area contributed by atoms with Crippen LogP contribution in [0.25, 0.3) is 0 Å². The van der Waals surface area contributed by atoms with Gasteiger partial charge < -0.3 is 0 Å². The van der Waals surface area contributed by atoms with Gasteiger partial charge in [0.1, 0.15) is 0 Å². The molecule has 82 valence electrons. The predicted molar refractivity (Wildman–Crippen MR) is 69.7 cm³/mol. The van der Waals surface area contributed by atoms with Crippen LogP contribution in [0.4, 0.5) is 0 Å². The van der Waals surface area contributed by atoms with Crippen molar-refractivity contribution in [2.45, 2.75) is 37.4 Å². The third-order valence-electron chi connectivity index (χ3n) is 4.20. The highest BCUT2D eigenvalue weighted by atomic mass is 79.9. The summed E-state index contributed by atoms with van der Waals surface area (Å²) in [6, 6.07) is 4.56. The topological polar surface area (TPSA) is 0 Å². The molecule has 4 atom stereocenters. The first-order valence-electron chi connectivity index (χ1n) is 5.94. The molecule has 4 unspecified atom stereocenters. The number of fused-ring (bicyclic) bond motifs is 2. The zero-order chi connectivity index (χ0) is 10.4. The Bertz CT molecular complexity index is 357. The van der Waals surface area contributed by atoms with Gasteiger partial charge in [-0.2, -0.15) is 0 Å². The van der Waals surface area contributed by atoms with Crippen molar-refractivity contribution in [3.8, 4) is 0 Å². The minimum atomic E-state index is 0.631. The summed E-state index contributed by atoms with van der Waals surface area (Å²) in [5, 5.41) is 0. The van der Waals surface area contributed by atoms with Gasteiger partial charge in [0, 0.05) is 9.75 Å². The van der Waals surface area contributed by atoms with Crippen molar-refractivity contribution in [3.63, 3.8) is 0 Å². The van der Waals surface area contributed by atoms with E-state index in [0.717, 1.165) is 17.8 Å². The predicted octanol–water partition coefficient (Wildman–Crippen LogP) is 4.93. The van der Waals surface area contributed by atoms with Gasteiger partial charge in [0.2, 0.25) is 0 Å². The zero-order valence-electron chi connectivity index (χ0n) is 9.08. The maximum Gasteiger partial charge on any atom is 0.0520 e. The second kappa shape index (κ2) is 3.89. The van der Waals surface area contributed by atoms with Crippen LogP contribution in [-0.2, 0) is 0 Å². The van der Waals surface area contributed by atoms with Gasteiger partial charge in [-0.15, -0.1) is 11.3 Å². The van der Waals surface area contributed by atoms with Crippen molar-refractivity contribution in [3.05, 3.63) is 21.9 Å². The second-order valence-electron chi connectivity index (χ2n) is 5.19. The summed E-state index contributed by atoms with van der Waals surface area (Å²) in [4.78, 5) is 3.62. The normalized spacial score (nSPS) is 36.0. The van der Waals surface area contributed by atoms with E-state index in [0.29, 0.717) is 4.83 Å².